The van der Waals surface area contributed by atoms with Gasteiger partial charge in [0, 0.05) is 5.25 Å². The van der Waals surface area contributed by atoms with Gasteiger partial charge in [0.25, 0.3) is 5.22 Å². The second-order valence-electron chi connectivity index (χ2n) is 5.24. The lowest BCUT2D eigenvalue weighted by molar-refractivity contribution is -0.148. The van der Waals surface area contributed by atoms with Gasteiger partial charge in [-0.15, -0.1) is 0 Å². The first kappa shape index (κ1) is 15.4. The van der Waals surface area contributed by atoms with Crippen molar-refractivity contribution in [2.24, 2.45) is 0 Å². The highest BCUT2D eigenvalue weighted by molar-refractivity contribution is 7.99. The Morgan fingerprint density at radius 2 is 2.50 bits per heavy atom. The van der Waals surface area contributed by atoms with Crippen LogP contribution in [0.1, 0.15) is 38.3 Å². The number of methoxy groups -OCH3 is 1. The molecule has 0 aromatic carbocycles. The lowest BCUT2D eigenvalue weighted by atomic mass is 9.97. The third-order valence-corrected chi connectivity index (χ3v) is 4.75. The van der Waals surface area contributed by atoms with E-state index in [1.54, 1.807) is 18.0 Å². The minimum atomic E-state index is -0.538. The number of carbonyl (C=O) groups excluding carboxylic acids is 1. The van der Waals surface area contributed by atoms with Crippen molar-refractivity contribution >= 4 is 17.7 Å². The highest BCUT2D eigenvalue weighted by Gasteiger charge is 2.46. The van der Waals surface area contributed by atoms with Gasteiger partial charge in [-0.1, -0.05) is 18.7 Å². The van der Waals surface area contributed by atoms with E-state index in [0.29, 0.717) is 10.5 Å². The number of nitrogens with one attached hydrogen (secondary N) is 1. The molecule has 5 nitrogen and oxygen atoms in total. The average molecular weight is 298 g/mol. The molecule has 1 aromatic rings. The van der Waals surface area contributed by atoms with Crippen molar-refractivity contribution in [1.29, 1.82) is 0 Å². The summed E-state index contributed by atoms with van der Waals surface area (Å²) in [6.45, 7) is 4.82. The summed E-state index contributed by atoms with van der Waals surface area (Å²) < 4.78 is 10.4. The molecule has 1 fully saturated rings. The SMILES string of the molecule is CCCNC1(C(=O)OC)CCC(Sc2nc(C)co2)C1. The number of rotatable bonds is 6. The van der Waals surface area contributed by atoms with Crippen molar-refractivity contribution in [2.45, 2.75) is 55.5 Å². The molecular formula is C14H22N2O3S. The van der Waals surface area contributed by atoms with Crippen molar-refractivity contribution in [3.05, 3.63) is 12.0 Å². The zero-order valence-corrected chi connectivity index (χ0v) is 13.1. The molecule has 2 unspecified atom stereocenters. The number of oxazole rings is 1. The molecule has 0 spiro atoms. The lowest BCUT2D eigenvalue weighted by Gasteiger charge is -2.27. The highest BCUT2D eigenvalue weighted by atomic mass is 32.2. The third-order valence-electron chi connectivity index (χ3n) is 3.62. The number of hydrogen-bond donors (Lipinski definition) is 1. The van der Waals surface area contributed by atoms with Gasteiger partial charge in [0.2, 0.25) is 0 Å². The Morgan fingerprint density at radius 3 is 3.10 bits per heavy atom. The van der Waals surface area contributed by atoms with Gasteiger partial charge in [0.1, 0.15) is 11.8 Å². The molecule has 1 aliphatic carbocycles. The van der Waals surface area contributed by atoms with E-state index in [9.17, 15) is 4.79 Å². The maximum atomic E-state index is 12.1. The zero-order chi connectivity index (χ0) is 14.6. The molecule has 0 radical (unpaired) electrons. The van der Waals surface area contributed by atoms with Crippen molar-refractivity contribution < 1.29 is 13.9 Å². The van der Waals surface area contributed by atoms with Crippen LogP contribution < -0.4 is 5.32 Å². The molecule has 0 saturated heterocycles. The molecule has 2 rings (SSSR count). The minimum Gasteiger partial charge on any atom is -0.468 e. The van der Waals surface area contributed by atoms with Gasteiger partial charge in [-0.05, 0) is 39.2 Å². The molecule has 6 heteroatoms. The summed E-state index contributed by atoms with van der Waals surface area (Å²) in [4.78, 5) is 16.4. The van der Waals surface area contributed by atoms with Crippen LogP contribution in [0.5, 0.6) is 0 Å². The minimum absolute atomic E-state index is 0.155. The Bertz CT molecular complexity index is 463. The first-order valence-electron chi connectivity index (χ1n) is 7.02. The summed E-state index contributed by atoms with van der Waals surface area (Å²) in [5, 5.41) is 4.39. The van der Waals surface area contributed by atoms with Gasteiger partial charge < -0.3 is 14.5 Å². The number of ether oxygens (including phenoxy) is 1. The van der Waals surface area contributed by atoms with Crippen LogP contribution in [0.3, 0.4) is 0 Å². The fraction of sp³-hybridized carbons (Fsp3) is 0.714. The number of hydrogen-bond acceptors (Lipinski definition) is 6. The topological polar surface area (TPSA) is 64.4 Å². The Hall–Kier alpha value is -1.01. The quantitative estimate of drug-likeness (QED) is 0.814. The van der Waals surface area contributed by atoms with Crippen molar-refractivity contribution in [3.8, 4) is 0 Å². The van der Waals surface area contributed by atoms with Crippen LogP contribution in [-0.4, -0.2) is 35.4 Å². The van der Waals surface area contributed by atoms with E-state index in [1.165, 1.54) is 7.11 Å². The van der Waals surface area contributed by atoms with Crippen LogP contribution in [0, 0.1) is 6.92 Å². The van der Waals surface area contributed by atoms with Crippen LogP contribution in [0.15, 0.2) is 15.9 Å². The van der Waals surface area contributed by atoms with E-state index in [1.807, 2.05) is 6.92 Å². The van der Waals surface area contributed by atoms with Crippen LogP contribution in [0.2, 0.25) is 0 Å². The van der Waals surface area contributed by atoms with Gasteiger partial charge in [0.05, 0.1) is 12.8 Å². The normalized spacial score (nSPS) is 25.9. The fourth-order valence-corrected chi connectivity index (χ4v) is 3.80. The van der Waals surface area contributed by atoms with Crippen LogP contribution in [0.25, 0.3) is 0 Å². The fourth-order valence-electron chi connectivity index (χ4n) is 2.61. The first-order chi connectivity index (χ1) is 9.59. The van der Waals surface area contributed by atoms with Gasteiger partial charge >= 0.3 is 5.97 Å². The Labute approximate surface area is 123 Å². The molecule has 0 amide bonds. The largest absolute Gasteiger partial charge is 0.468 e. The smallest absolute Gasteiger partial charge is 0.326 e. The van der Waals surface area contributed by atoms with Gasteiger partial charge in [-0.2, -0.15) is 0 Å². The molecule has 0 bridgehead atoms. The van der Waals surface area contributed by atoms with Gasteiger partial charge in [0.15, 0.2) is 0 Å². The number of esters is 1. The maximum absolute atomic E-state index is 12.1. The molecule has 1 saturated carbocycles. The molecular weight excluding hydrogens is 276 g/mol. The van der Waals surface area contributed by atoms with E-state index >= 15 is 0 Å². The van der Waals surface area contributed by atoms with E-state index in [-0.39, 0.29) is 5.97 Å². The summed E-state index contributed by atoms with van der Waals surface area (Å²) in [5.74, 6) is -0.155. The van der Waals surface area contributed by atoms with Gasteiger partial charge in [-0.25, -0.2) is 4.98 Å². The van der Waals surface area contributed by atoms with E-state index in [2.05, 4.69) is 17.2 Å². The van der Waals surface area contributed by atoms with Crippen LogP contribution >= 0.6 is 11.8 Å². The second kappa shape index (κ2) is 6.63. The second-order valence-corrected chi connectivity index (χ2v) is 6.49. The summed E-state index contributed by atoms with van der Waals surface area (Å²) in [7, 11) is 1.45. The Balaban J connectivity index is 2.01. The number of nitrogens with zero attached hydrogens (tertiary/aromatic N) is 1. The van der Waals surface area contributed by atoms with Crippen LogP contribution in [0.4, 0.5) is 0 Å². The predicted molar refractivity (Wildman–Crippen MR) is 77.8 cm³/mol. The van der Waals surface area contributed by atoms with E-state index in [0.717, 1.165) is 37.9 Å². The molecule has 1 N–H and O–H groups in total. The Kier molecular flexibility index (Phi) is 5.10. The number of carbonyl (C=O) groups is 1. The number of aromatic nitrogens is 1. The molecule has 1 aromatic heterocycles. The van der Waals surface area contributed by atoms with Crippen LogP contribution in [-0.2, 0) is 9.53 Å². The highest BCUT2D eigenvalue weighted by Crippen LogP contribution is 2.40. The number of thioether (sulfide) groups is 1. The van der Waals surface area contributed by atoms with Gasteiger partial charge in [-0.3, -0.25) is 4.79 Å². The van der Waals surface area contributed by atoms with E-state index < -0.39 is 5.54 Å². The molecule has 20 heavy (non-hydrogen) atoms. The average Bonchev–Trinajstić information content (AvgIpc) is 3.04. The first-order valence-corrected chi connectivity index (χ1v) is 7.90. The summed E-state index contributed by atoms with van der Waals surface area (Å²) in [6, 6.07) is 0. The van der Waals surface area contributed by atoms with E-state index in [4.69, 9.17) is 9.15 Å². The number of aryl methyl sites for hydroxylation is 1. The predicted octanol–water partition coefficient (Wildman–Crippen LogP) is 2.54. The summed E-state index contributed by atoms with van der Waals surface area (Å²) in [5.41, 5.74) is 0.346. The maximum Gasteiger partial charge on any atom is 0.326 e. The standard InChI is InChI=1S/C14H22N2O3S/c1-4-7-15-14(12(17)18-3)6-5-11(8-14)20-13-16-10(2)9-19-13/h9,11,15H,4-8H2,1-3H3. The van der Waals surface area contributed by atoms with Crippen molar-refractivity contribution in [1.82, 2.24) is 10.3 Å². The molecule has 1 aliphatic rings. The molecule has 1 heterocycles. The van der Waals surface area contributed by atoms with Crippen molar-refractivity contribution in [2.75, 3.05) is 13.7 Å². The summed E-state index contributed by atoms with van der Waals surface area (Å²) in [6.07, 6.45) is 5.16. The Morgan fingerprint density at radius 1 is 1.70 bits per heavy atom. The zero-order valence-electron chi connectivity index (χ0n) is 12.3. The molecule has 0 aliphatic heterocycles. The molecule has 2 atom stereocenters. The monoisotopic (exact) mass is 298 g/mol. The lowest BCUT2D eigenvalue weighted by Crippen LogP contribution is -2.51. The molecule has 112 valence electrons. The van der Waals surface area contributed by atoms with Crippen molar-refractivity contribution in [3.63, 3.8) is 0 Å². The summed E-state index contributed by atoms with van der Waals surface area (Å²) >= 11 is 1.61. The third kappa shape index (κ3) is 3.35.